The Morgan fingerprint density at radius 2 is 1.82 bits per heavy atom. The quantitative estimate of drug-likeness (QED) is 0.252. The van der Waals surface area contributed by atoms with E-state index in [0.717, 1.165) is 59.3 Å². The summed E-state index contributed by atoms with van der Waals surface area (Å²) in [6, 6.07) is 16.8. The highest BCUT2D eigenvalue weighted by molar-refractivity contribution is 7.99. The lowest BCUT2D eigenvalue weighted by atomic mass is 10.1. The standard InChI is InChI=1S/C26H27N5OS/c1-18-16-23(19(2)30(18)15-12-20-6-4-3-5-7-20)24(32)17-33-26-29-28-25(31(26)22-8-9-22)21-10-13-27-14-11-21/h3-7,10-11,13-14,16,22H,8-9,12,15,17H2,1-2H3. The summed E-state index contributed by atoms with van der Waals surface area (Å²) in [4.78, 5) is 17.3. The highest BCUT2D eigenvalue weighted by Crippen LogP contribution is 2.41. The second-order valence-electron chi connectivity index (χ2n) is 8.53. The monoisotopic (exact) mass is 457 g/mol. The van der Waals surface area contributed by atoms with E-state index < -0.39 is 0 Å². The Bertz CT molecular complexity index is 1260. The molecule has 1 aliphatic carbocycles. The molecule has 0 radical (unpaired) electrons. The molecular formula is C26H27N5OS. The van der Waals surface area contributed by atoms with Gasteiger partial charge < -0.3 is 4.57 Å². The number of ketones is 1. The number of carbonyl (C=O) groups is 1. The zero-order chi connectivity index (χ0) is 22.8. The van der Waals surface area contributed by atoms with Gasteiger partial charge in [0.1, 0.15) is 0 Å². The number of carbonyl (C=O) groups excluding carboxylic acids is 1. The lowest BCUT2D eigenvalue weighted by Crippen LogP contribution is -2.09. The van der Waals surface area contributed by atoms with Gasteiger partial charge in [0.15, 0.2) is 16.8 Å². The van der Waals surface area contributed by atoms with Gasteiger partial charge in [0.05, 0.1) is 5.75 Å². The van der Waals surface area contributed by atoms with Crippen LogP contribution in [-0.4, -0.2) is 35.9 Å². The van der Waals surface area contributed by atoms with Gasteiger partial charge in [0, 0.05) is 47.5 Å². The minimum Gasteiger partial charge on any atom is -0.348 e. The van der Waals surface area contributed by atoms with Gasteiger partial charge in [-0.2, -0.15) is 0 Å². The van der Waals surface area contributed by atoms with Gasteiger partial charge in [-0.25, -0.2) is 0 Å². The van der Waals surface area contributed by atoms with Crippen LogP contribution in [0.5, 0.6) is 0 Å². The summed E-state index contributed by atoms with van der Waals surface area (Å²) in [7, 11) is 0. The van der Waals surface area contributed by atoms with E-state index in [1.165, 1.54) is 17.3 Å². The van der Waals surface area contributed by atoms with Crippen LogP contribution in [0.1, 0.15) is 46.2 Å². The topological polar surface area (TPSA) is 65.6 Å². The Labute approximate surface area is 198 Å². The van der Waals surface area contributed by atoms with Crippen LogP contribution >= 0.6 is 11.8 Å². The van der Waals surface area contributed by atoms with E-state index in [-0.39, 0.29) is 5.78 Å². The highest BCUT2D eigenvalue weighted by atomic mass is 32.2. The van der Waals surface area contributed by atoms with Crippen molar-refractivity contribution in [2.75, 3.05) is 5.75 Å². The number of hydrogen-bond acceptors (Lipinski definition) is 5. The van der Waals surface area contributed by atoms with Gasteiger partial charge in [-0.3, -0.25) is 14.3 Å². The number of rotatable bonds is 9. The molecular weight excluding hydrogens is 430 g/mol. The van der Waals surface area contributed by atoms with Gasteiger partial charge in [-0.1, -0.05) is 42.1 Å². The Kier molecular flexibility index (Phi) is 6.13. The number of benzene rings is 1. The third-order valence-corrected chi connectivity index (χ3v) is 7.13. The van der Waals surface area contributed by atoms with Crippen LogP contribution in [-0.2, 0) is 13.0 Å². The summed E-state index contributed by atoms with van der Waals surface area (Å²) in [5.74, 6) is 1.34. The zero-order valence-electron chi connectivity index (χ0n) is 18.9. The van der Waals surface area contributed by atoms with Crippen molar-refractivity contribution >= 4 is 17.5 Å². The third-order valence-electron chi connectivity index (χ3n) is 6.19. The summed E-state index contributed by atoms with van der Waals surface area (Å²) in [6.07, 6.45) is 6.73. The van der Waals surface area contributed by atoms with E-state index in [1.807, 2.05) is 31.2 Å². The number of Topliss-reactive ketones (excluding diaryl/α,β-unsaturated/α-hetero) is 1. The number of hydrogen-bond donors (Lipinski definition) is 0. The van der Waals surface area contributed by atoms with Gasteiger partial charge in [-0.15, -0.1) is 10.2 Å². The minimum atomic E-state index is 0.134. The molecule has 1 aromatic carbocycles. The highest BCUT2D eigenvalue weighted by Gasteiger charge is 2.30. The molecule has 0 N–H and O–H groups in total. The summed E-state index contributed by atoms with van der Waals surface area (Å²) < 4.78 is 4.44. The van der Waals surface area contributed by atoms with Crippen LogP contribution in [0.15, 0.2) is 66.1 Å². The van der Waals surface area contributed by atoms with E-state index in [2.05, 4.69) is 55.5 Å². The number of thioether (sulfide) groups is 1. The SMILES string of the molecule is Cc1cc(C(=O)CSc2nnc(-c3ccncc3)n2C2CC2)c(C)n1CCc1ccccc1. The maximum atomic E-state index is 13.2. The first kappa shape index (κ1) is 21.6. The fourth-order valence-corrected chi connectivity index (χ4v) is 5.14. The van der Waals surface area contributed by atoms with Crippen LogP contribution in [0.3, 0.4) is 0 Å². The number of aryl methyl sites for hydroxylation is 2. The average molecular weight is 458 g/mol. The van der Waals surface area contributed by atoms with Crippen molar-refractivity contribution < 1.29 is 4.79 Å². The predicted octanol–water partition coefficient (Wildman–Crippen LogP) is 5.31. The first-order valence-corrected chi connectivity index (χ1v) is 12.3. The van der Waals surface area contributed by atoms with Crippen molar-refractivity contribution in [2.45, 2.75) is 50.9 Å². The van der Waals surface area contributed by atoms with Gasteiger partial charge in [0.2, 0.25) is 0 Å². The number of pyridine rings is 1. The molecule has 33 heavy (non-hydrogen) atoms. The molecule has 5 rings (SSSR count). The molecule has 6 nitrogen and oxygen atoms in total. The second-order valence-corrected chi connectivity index (χ2v) is 9.47. The smallest absolute Gasteiger partial charge is 0.192 e. The molecule has 0 unspecified atom stereocenters. The summed E-state index contributed by atoms with van der Waals surface area (Å²) in [5.41, 5.74) is 5.27. The molecule has 1 aliphatic rings. The number of aromatic nitrogens is 5. The lowest BCUT2D eigenvalue weighted by molar-refractivity contribution is 0.102. The normalized spacial score (nSPS) is 13.4. The van der Waals surface area contributed by atoms with Gasteiger partial charge in [0.25, 0.3) is 0 Å². The van der Waals surface area contributed by atoms with Crippen LogP contribution in [0.4, 0.5) is 0 Å². The van der Waals surface area contributed by atoms with E-state index >= 15 is 0 Å². The number of nitrogens with zero attached hydrogens (tertiary/aromatic N) is 5. The molecule has 4 aromatic rings. The molecule has 0 bridgehead atoms. The molecule has 0 saturated heterocycles. The van der Waals surface area contributed by atoms with Crippen LogP contribution < -0.4 is 0 Å². The van der Waals surface area contributed by atoms with Crippen molar-refractivity contribution in [3.63, 3.8) is 0 Å². The van der Waals surface area contributed by atoms with E-state index in [9.17, 15) is 4.79 Å². The molecule has 1 saturated carbocycles. The summed E-state index contributed by atoms with van der Waals surface area (Å²) in [5, 5.41) is 9.68. The molecule has 3 heterocycles. The fourth-order valence-electron chi connectivity index (χ4n) is 4.26. The van der Waals surface area contributed by atoms with Crippen LogP contribution in [0.25, 0.3) is 11.4 Å². The summed E-state index contributed by atoms with van der Waals surface area (Å²) in [6.45, 7) is 4.99. The van der Waals surface area contributed by atoms with Crippen molar-refractivity contribution in [3.8, 4) is 11.4 Å². The first-order chi connectivity index (χ1) is 16.1. The summed E-state index contributed by atoms with van der Waals surface area (Å²) >= 11 is 1.48. The van der Waals surface area contributed by atoms with E-state index in [0.29, 0.717) is 11.8 Å². The Morgan fingerprint density at radius 3 is 2.55 bits per heavy atom. The van der Waals surface area contributed by atoms with Gasteiger partial charge >= 0.3 is 0 Å². The molecule has 0 spiro atoms. The van der Waals surface area contributed by atoms with E-state index in [1.54, 1.807) is 12.4 Å². The van der Waals surface area contributed by atoms with Crippen molar-refractivity contribution in [1.29, 1.82) is 0 Å². The molecule has 1 fully saturated rings. The first-order valence-electron chi connectivity index (χ1n) is 11.3. The van der Waals surface area contributed by atoms with Crippen LogP contribution in [0, 0.1) is 13.8 Å². The largest absolute Gasteiger partial charge is 0.348 e. The molecule has 0 amide bonds. The molecule has 0 atom stereocenters. The van der Waals surface area contributed by atoms with E-state index in [4.69, 9.17) is 0 Å². The molecule has 3 aromatic heterocycles. The van der Waals surface area contributed by atoms with Gasteiger partial charge in [-0.05, 0) is 56.9 Å². The predicted molar refractivity (Wildman–Crippen MR) is 131 cm³/mol. The maximum Gasteiger partial charge on any atom is 0.192 e. The third kappa shape index (κ3) is 4.64. The molecule has 168 valence electrons. The zero-order valence-corrected chi connectivity index (χ0v) is 19.8. The van der Waals surface area contributed by atoms with Crippen LogP contribution in [0.2, 0.25) is 0 Å². The fraction of sp³-hybridized carbons (Fsp3) is 0.308. The Balaban J connectivity index is 1.30. The lowest BCUT2D eigenvalue weighted by Gasteiger charge is -2.10. The Hall–Kier alpha value is -3.19. The second kappa shape index (κ2) is 9.35. The van der Waals surface area contributed by atoms with Crippen molar-refractivity contribution in [3.05, 3.63) is 83.4 Å². The minimum absolute atomic E-state index is 0.134. The average Bonchev–Trinajstić information content (AvgIpc) is 3.53. The van der Waals surface area contributed by atoms with Crippen molar-refractivity contribution in [1.82, 2.24) is 24.3 Å². The van der Waals surface area contributed by atoms with Crippen molar-refractivity contribution in [2.24, 2.45) is 0 Å². The maximum absolute atomic E-state index is 13.2. The molecule has 7 heteroatoms. The Morgan fingerprint density at radius 1 is 1.06 bits per heavy atom. The molecule has 0 aliphatic heterocycles.